The average Bonchev–Trinajstić information content (AvgIpc) is 2.51. The Labute approximate surface area is 140 Å². The number of carboxylic acids is 1. The monoisotopic (exact) mass is 318 g/mol. The van der Waals surface area contributed by atoms with Gasteiger partial charge in [-0.2, -0.15) is 0 Å². The molecule has 0 aliphatic heterocycles. The second-order valence-corrected chi connectivity index (χ2v) is 5.20. The Hall–Kier alpha value is -1.87. The first kappa shape index (κ1) is 21.1. The topological polar surface area (TPSA) is 57.5 Å². The molecule has 23 heavy (non-hydrogen) atoms. The Morgan fingerprint density at radius 3 is 2.04 bits per heavy atom. The highest BCUT2D eigenvalue weighted by Gasteiger charge is 2.01. The highest BCUT2D eigenvalue weighted by molar-refractivity contribution is 5.66. The van der Waals surface area contributed by atoms with Gasteiger partial charge in [0.15, 0.2) is 0 Å². The minimum atomic E-state index is -0.819. The average molecular weight is 318 g/mol. The summed E-state index contributed by atoms with van der Waals surface area (Å²) < 4.78 is 0. The van der Waals surface area contributed by atoms with Crippen molar-refractivity contribution in [2.75, 3.05) is 0 Å². The van der Waals surface area contributed by atoms with Crippen molar-refractivity contribution < 1.29 is 15.0 Å². The van der Waals surface area contributed by atoms with Gasteiger partial charge in [-0.1, -0.05) is 67.7 Å². The lowest BCUT2D eigenvalue weighted by Crippen LogP contribution is -2.03. The Kier molecular flexibility index (Phi) is 15.2. The molecule has 0 radical (unpaired) electrons. The fraction of sp³-hybridized carbons (Fsp3) is 0.450. The van der Waals surface area contributed by atoms with E-state index in [4.69, 9.17) is 5.11 Å². The molecule has 1 atom stereocenters. The fourth-order valence-electron chi connectivity index (χ4n) is 1.79. The highest BCUT2D eigenvalue weighted by atomic mass is 16.4. The molecule has 128 valence electrons. The van der Waals surface area contributed by atoms with Gasteiger partial charge in [0, 0.05) is 6.42 Å². The van der Waals surface area contributed by atoms with Crippen molar-refractivity contribution >= 4 is 5.97 Å². The first-order valence-corrected chi connectivity index (χ1v) is 8.35. The molecule has 0 saturated heterocycles. The molecule has 3 heteroatoms. The molecule has 1 unspecified atom stereocenters. The minimum Gasteiger partial charge on any atom is -0.481 e. The van der Waals surface area contributed by atoms with Gasteiger partial charge in [0.1, 0.15) is 0 Å². The number of aliphatic hydroxyl groups excluding tert-OH is 1. The van der Waals surface area contributed by atoms with E-state index in [0.29, 0.717) is 12.8 Å². The molecule has 0 rings (SSSR count). The summed E-state index contributed by atoms with van der Waals surface area (Å²) >= 11 is 0. The summed E-state index contributed by atoms with van der Waals surface area (Å²) in [5.74, 6) is -0.819. The van der Waals surface area contributed by atoms with E-state index in [-0.39, 0.29) is 6.42 Å². The fourth-order valence-corrected chi connectivity index (χ4v) is 1.79. The molecule has 0 amide bonds. The lowest BCUT2D eigenvalue weighted by atomic mass is 10.1. The standard InChI is InChI=1S/C20H30O3/c1-2-3-4-5-6-7-8-9-10-11-12-13-14-16-19(21)17-15-18-20(22)23/h3-4,6-7,9-10,12-14,16,19,21H,2,5,8,11,15,17-18H2,1H3,(H,22,23)/b4-3?,7-6?,10-9?,13-12?,16-14+. The molecule has 0 aliphatic rings. The van der Waals surface area contributed by atoms with Crippen LogP contribution in [0.2, 0.25) is 0 Å². The maximum Gasteiger partial charge on any atom is 0.303 e. The van der Waals surface area contributed by atoms with Gasteiger partial charge in [-0.15, -0.1) is 0 Å². The number of aliphatic hydroxyl groups is 1. The van der Waals surface area contributed by atoms with Crippen LogP contribution in [0.25, 0.3) is 0 Å². The second-order valence-electron chi connectivity index (χ2n) is 5.20. The molecule has 0 heterocycles. The van der Waals surface area contributed by atoms with E-state index >= 15 is 0 Å². The van der Waals surface area contributed by atoms with Gasteiger partial charge in [-0.05, 0) is 38.5 Å². The third kappa shape index (κ3) is 18.1. The summed E-state index contributed by atoms with van der Waals surface area (Å²) in [7, 11) is 0. The van der Waals surface area contributed by atoms with Gasteiger partial charge in [0.2, 0.25) is 0 Å². The summed E-state index contributed by atoms with van der Waals surface area (Å²) in [5.41, 5.74) is 0. The van der Waals surface area contributed by atoms with Crippen LogP contribution in [0, 0.1) is 0 Å². The molecule has 0 aliphatic carbocycles. The third-order valence-electron chi connectivity index (χ3n) is 3.02. The highest BCUT2D eigenvalue weighted by Crippen LogP contribution is 2.02. The van der Waals surface area contributed by atoms with Gasteiger partial charge >= 0.3 is 5.97 Å². The number of allylic oxidation sites excluding steroid dienone is 9. The van der Waals surface area contributed by atoms with E-state index < -0.39 is 12.1 Å². The zero-order chi connectivity index (χ0) is 17.2. The number of carboxylic acid groups (broad SMARTS) is 1. The molecule has 0 bridgehead atoms. The van der Waals surface area contributed by atoms with Crippen molar-refractivity contribution in [2.24, 2.45) is 0 Å². The van der Waals surface area contributed by atoms with E-state index in [9.17, 15) is 9.90 Å². The van der Waals surface area contributed by atoms with Crippen LogP contribution in [0.4, 0.5) is 0 Å². The molecule has 0 saturated carbocycles. The van der Waals surface area contributed by atoms with Crippen molar-refractivity contribution in [3.8, 4) is 0 Å². The van der Waals surface area contributed by atoms with Crippen LogP contribution in [-0.2, 0) is 4.79 Å². The zero-order valence-electron chi connectivity index (χ0n) is 14.1. The SMILES string of the molecule is CCC=CCC=CCC=CCC=C/C=C/C(O)CCCC(=O)O. The summed E-state index contributed by atoms with van der Waals surface area (Å²) in [4.78, 5) is 10.3. The van der Waals surface area contributed by atoms with E-state index in [1.807, 2.05) is 12.2 Å². The van der Waals surface area contributed by atoms with Crippen LogP contribution in [0.1, 0.15) is 51.9 Å². The molecular formula is C20H30O3. The maximum atomic E-state index is 10.3. The van der Waals surface area contributed by atoms with E-state index in [0.717, 1.165) is 25.7 Å². The van der Waals surface area contributed by atoms with Gasteiger partial charge in [0.25, 0.3) is 0 Å². The number of hydrogen-bond acceptors (Lipinski definition) is 2. The zero-order valence-corrected chi connectivity index (χ0v) is 14.1. The minimum absolute atomic E-state index is 0.106. The van der Waals surface area contributed by atoms with Crippen molar-refractivity contribution in [3.63, 3.8) is 0 Å². The van der Waals surface area contributed by atoms with Gasteiger partial charge < -0.3 is 10.2 Å². The largest absolute Gasteiger partial charge is 0.481 e. The van der Waals surface area contributed by atoms with Gasteiger partial charge in [-0.3, -0.25) is 4.79 Å². The number of hydrogen-bond donors (Lipinski definition) is 2. The normalized spacial score (nSPS) is 14.2. The Morgan fingerprint density at radius 1 is 0.913 bits per heavy atom. The van der Waals surface area contributed by atoms with E-state index in [2.05, 4.69) is 43.4 Å². The van der Waals surface area contributed by atoms with Gasteiger partial charge in [-0.25, -0.2) is 0 Å². The number of carbonyl (C=O) groups is 1. The quantitative estimate of drug-likeness (QED) is 0.372. The molecular weight excluding hydrogens is 288 g/mol. The lowest BCUT2D eigenvalue weighted by molar-refractivity contribution is -0.137. The summed E-state index contributed by atoms with van der Waals surface area (Å²) in [6.45, 7) is 2.13. The number of rotatable bonds is 13. The van der Waals surface area contributed by atoms with Crippen LogP contribution in [0.5, 0.6) is 0 Å². The number of aliphatic carboxylic acids is 1. The van der Waals surface area contributed by atoms with Crippen molar-refractivity contribution in [3.05, 3.63) is 60.8 Å². The lowest BCUT2D eigenvalue weighted by Gasteiger charge is -2.02. The first-order valence-electron chi connectivity index (χ1n) is 8.35. The third-order valence-corrected chi connectivity index (χ3v) is 3.02. The van der Waals surface area contributed by atoms with E-state index in [1.54, 1.807) is 12.2 Å². The summed E-state index contributed by atoms with van der Waals surface area (Å²) in [6.07, 6.45) is 24.7. The molecule has 0 aromatic rings. The Morgan fingerprint density at radius 2 is 1.48 bits per heavy atom. The van der Waals surface area contributed by atoms with Crippen molar-refractivity contribution in [1.82, 2.24) is 0 Å². The van der Waals surface area contributed by atoms with Crippen LogP contribution < -0.4 is 0 Å². The van der Waals surface area contributed by atoms with E-state index in [1.165, 1.54) is 0 Å². The molecule has 2 N–H and O–H groups in total. The molecule has 0 aromatic heterocycles. The van der Waals surface area contributed by atoms with Crippen LogP contribution >= 0.6 is 0 Å². The Bertz CT molecular complexity index is 428. The molecule has 0 fully saturated rings. The van der Waals surface area contributed by atoms with Crippen molar-refractivity contribution in [2.45, 2.75) is 58.0 Å². The molecule has 3 nitrogen and oxygen atoms in total. The second kappa shape index (κ2) is 16.5. The summed E-state index contributed by atoms with van der Waals surface area (Å²) in [6, 6.07) is 0. The smallest absolute Gasteiger partial charge is 0.303 e. The van der Waals surface area contributed by atoms with Crippen LogP contribution in [-0.4, -0.2) is 22.3 Å². The molecule has 0 spiro atoms. The summed E-state index contributed by atoms with van der Waals surface area (Å²) in [5, 5.41) is 18.1. The van der Waals surface area contributed by atoms with Crippen LogP contribution in [0.3, 0.4) is 0 Å². The Balaban J connectivity index is 3.65. The van der Waals surface area contributed by atoms with Gasteiger partial charge in [0.05, 0.1) is 6.10 Å². The predicted octanol–water partition coefficient (Wildman–Crippen LogP) is 4.96. The first-order chi connectivity index (χ1) is 11.2. The molecule has 0 aromatic carbocycles. The maximum absolute atomic E-state index is 10.3. The van der Waals surface area contributed by atoms with Crippen LogP contribution in [0.15, 0.2) is 60.8 Å². The predicted molar refractivity (Wildman–Crippen MR) is 97.3 cm³/mol. The van der Waals surface area contributed by atoms with Crippen molar-refractivity contribution in [1.29, 1.82) is 0 Å².